The van der Waals surface area contributed by atoms with Gasteiger partial charge in [-0.15, -0.1) is 0 Å². The Morgan fingerprint density at radius 3 is 2.88 bits per heavy atom. The highest BCUT2D eigenvalue weighted by molar-refractivity contribution is 5.69. The number of carbonyl (C=O) groups excluding carboxylic acids is 1. The third-order valence-electron chi connectivity index (χ3n) is 2.01. The Hall–Kier alpha value is -1.62. The molecule has 5 heteroatoms. The van der Waals surface area contributed by atoms with Gasteiger partial charge in [-0.05, 0) is 17.7 Å². The summed E-state index contributed by atoms with van der Waals surface area (Å²) in [6, 6.07) is 3.83. The van der Waals surface area contributed by atoms with Crippen molar-refractivity contribution in [1.29, 1.82) is 0 Å². The van der Waals surface area contributed by atoms with Crippen LogP contribution in [0.2, 0.25) is 0 Å². The molecule has 0 aliphatic carbocycles. The molecule has 16 heavy (non-hydrogen) atoms. The highest BCUT2D eigenvalue weighted by atomic mass is 19.1. The van der Waals surface area contributed by atoms with Crippen LogP contribution in [0.5, 0.6) is 5.75 Å². The van der Waals surface area contributed by atoms with E-state index in [-0.39, 0.29) is 18.1 Å². The zero-order valence-corrected chi connectivity index (χ0v) is 9.00. The Morgan fingerprint density at radius 1 is 1.50 bits per heavy atom. The molecule has 2 N–H and O–H groups in total. The van der Waals surface area contributed by atoms with E-state index in [2.05, 4.69) is 10.1 Å². The number of esters is 1. The highest BCUT2D eigenvalue weighted by Gasteiger charge is 2.01. The fraction of sp³-hybridized carbons (Fsp3) is 0.364. The number of rotatable bonds is 5. The molecule has 0 aliphatic rings. The molecule has 1 aromatic carbocycles. The van der Waals surface area contributed by atoms with E-state index in [0.717, 1.165) is 6.07 Å². The zero-order chi connectivity index (χ0) is 12.0. The molecule has 1 aromatic rings. The summed E-state index contributed by atoms with van der Waals surface area (Å²) < 4.78 is 17.3. The average molecular weight is 227 g/mol. The number of aromatic hydroxyl groups is 1. The lowest BCUT2D eigenvalue weighted by atomic mass is 10.2. The fourth-order valence-electron chi connectivity index (χ4n) is 1.26. The van der Waals surface area contributed by atoms with Crippen molar-refractivity contribution in [3.8, 4) is 5.75 Å². The summed E-state index contributed by atoms with van der Waals surface area (Å²) in [5, 5.41) is 12.1. The third-order valence-corrected chi connectivity index (χ3v) is 2.01. The number of hydrogen-bond donors (Lipinski definition) is 2. The van der Waals surface area contributed by atoms with Gasteiger partial charge in [-0.2, -0.15) is 0 Å². The van der Waals surface area contributed by atoms with Gasteiger partial charge < -0.3 is 15.2 Å². The van der Waals surface area contributed by atoms with Gasteiger partial charge >= 0.3 is 5.97 Å². The van der Waals surface area contributed by atoms with Gasteiger partial charge in [-0.1, -0.05) is 0 Å². The largest absolute Gasteiger partial charge is 0.508 e. The van der Waals surface area contributed by atoms with Gasteiger partial charge in [0.05, 0.1) is 13.5 Å². The van der Waals surface area contributed by atoms with Crippen molar-refractivity contribution >= 4 is 5.97 Å². The Bertz CT molecular complexity index is 348. The van der Waals surface area contributed by atoms with E-state index in [1.54, 1.807) is 0 Å². The highest BCUT2D eigenvalue weighted by Crippen LogP contribution is 2.14. The van der Waals surface area contributed by atoms with Gasteiger partial charge in [-0.25, -0.2) is 4.39 Å². The number of ether oxygens (including phenoxy) is 1. The van der Waals surface area contributed by atoms with Crippen LogP contribution in [0.15, 0.2) is 18.2 Å². The summed E-state index contributed by atoms with van der Waals surface area (Å²) in [5.41, 5.74) is 0.627. The number of benzene rings is 1. The molecular formula is C11H14FNO3. The van der Waals surface area contributed by atoms with Crippen molar-refractivity contribution in [3.63, 3.8) is 0 Å². The molecule has 0 aliphatic heterocycles. The number of methoxy groups -OCH3 is 1. The smallest absolute Gasteiger partial charge is 0.306 e. The first-order valence-corrected chi connectivity index (χ1v) is 4.88. The number of carbonyl (C=O) groups is 1. The summed E-state index contributed by atoms with van der Waals surface area (Å²) in [7, 11) is 1.33. The minimum absolute atomic E-state index is 0.107. The second-order valence-electron chi connectivity index (χ2n) is 3.32. The summed E-state index contributed by atoms with van der Waals surface area (Å²) in [6.07, 6.45) is 0.262. The van der Waals surface area contributed by atoms with Gasteiger partial charge in [0.2, 0.25) is 0 Å². The van der Waals surface area contributed by atoms with Gasteiger partial charge in [0.25, 0.3) is 0 Å². The predicted octanol–water partition coefficient (Wildman–Crippen LogP) is 1.18. The van der Waals surface area contributed by atoms with E-state index < -0.39 is 5.82 Å². The van der Waals surface area contributed by atoms with Crippen LogP contribution in [0, 0.1) is 5.82 Å². The molecule has 0 bridgehead atoms. The Balaban J connectivity index is 2.34. The van der Waals surface area contributed by atoms with Crippen molar-refractivity contribution in [1.82, 2.24) is 5.32 Å². The standard InChI is InChI=1S/C11H14FNO3/c1-16-11(15)2-3-13-7-8-4-9(12)6-10(14)5-8/h4-6,13-14H,2-3,7H2,1H3. The molecule has 0 spiro atoms. The molecule has 0 radical (unpaired) electrons. The monoisotopic (exact) mass is 227 g/mol. The Kier molecular flexibility index (Phi) is 4.72. The Labute approximate surface area is 93.0 Å². The second-order valence-corrected chi connectivity index (χ2v) is 3.32. The molecule has 0 saturated heterocycles. The Morgan fingerprint density at radius 2 is 2.25 bits per heavy atom. The third kappa shape index (κ3) is 4.27. The van der Waals surface area contributed by atoms with Crippen molar-refractivity contribution in [2.45, 2.75) is 13.0 Å². The fourth-order valence-corrected chi connectivity index (χ4v) is 1.26. The maximum absolute atomic E-state index is 12.9. The molecular weight excluding hydrogens is 213 g/mol. The van der Waals surface area contributed by atoms with E-state index in [1.807, 2.05) is 0 Å². The number of hydrogen-bond acceptors (Lipinski definition) is 4. The van der Waals surface area contributed by atoms with Crippen molar-refractivity contribution in [3.05, 3.63) is 29.6 Å². The van der Waals surface area contributed by atoms with Crippen LogP contribution >= 0.6 is 0 Å². The molecule has 0 unspecified atom stereocenters. The lowest BCUT2D eigenvalue weighted by molar-refractivity contribution is -0.140. The molecule has 0 amide bonds. The lowest BCUT2D eigenvalue weighted by Crippen LogP contribution is -2.18. The quantitative estimate of drug-likeness (QED) is 0.586. The van der Waals surface area contributed by atoms with Gasteiger partial charge in [0.15, 0.2) is 0 Å². The topological polar surface area (TPSA) is 58.6 Å². The molecule has 88 valence electrons. The molecule has 4 nitrogen and oxygen atoms in total. The van der Waals surface area contributed by atoms with E-state index in [0.29, 0.717) is 18.7 Å². The lowest BCUT2D eigenvalue weighted by Gasteiger charge is -2.05. The molecule has 0 aromatic heterocycles. The van der Waals surface area contributed by atoms with Crippen molar-refractivity contribution < 1.29 is 19.0 Å². The first-order chi connectivity index (χ1) is 7.61. The molecule has 0 atom stereocenters. The minimum Gasteiger partial charge on any atom is -0.508 e. The summed E-state index contributed by atoms with van der Waals surface area (Å²) >= 11 is 0. The predicted molar refractivity (Wildman–Crippen MR) is 56.4 cm³/mol. The number of phenols is 1. The number of halogens is 1. The van der Waals surface area contributed by atoms with Crippen molar-refractivity contribution in [2.24, 2.45) is 0 Å². The van der Waals surface area contributed by atoms with Gasteiger partial charge in [0, 0.05) is 19.2 Å². The molecule has 0 fully saturated rings. The zero-order valence-electron chi connectivity index (χ0n) is 9.00. The van der Waals surface area contributed by atoms with E-state index in [4.69, 9.17) is 5.11 Å². The number of nitrogens with one attached hydrogen (secondary N) is 1. The van der Waals surface area contributed by atoms with Crippen molar-refractivity contribution in [2.75, 3.05) is 13.7 Å². The summed E-state index contributed by atoms with van der Waals surface area (Å²) in [5.74, 6) is -0.885. The average Bonchev–Trinajstić information content (AvgIpc) is 2.22. The van der Waals surface area contributed by atoms with E-state index in [1.165, 1.54) is 19.2 Å². The van der Waals surface area contributed by atoms with Crippen LogP contribution in [0.3, 0.4) is 0 Å². The van der Waals surface area contributed by atoms with E-state index >= 15 is 0 Å². The summed E-state index contributed by atoms with van der Waals surface area (Å²) in [6.45, 7) is 0.840. The number of phenolic OH excluding ortho intramolecular Hbond substituents is 1. The van der Waals surface area contributed by atoms with Gasteiger partial charge in [0.1, 0.15) is 11.6 Å². The maximum atomic E-state index is 12.9. The van der Waals surface area contributed by atoms with Crippen LogP contribution in [-0.2, 0) is 16.1 Å². The molecule has 1 rings (SSSR count). The first kappa shape index (κ1) is 12.4. The first-order valence-electron chi connectivity index (χ1n) is 4.88. The van der Waals surface area contributed by atoms with Crippen LogP contribution in [0.1, 0.15) is 12.0 Å². The summed E-state index contributed by atoms with van der Waals surface area (Å²) in [4.78, 5) is 10.8. The maximum Gasteiger partial charge on any atom is 0.306 e. The van der Waals surface area contributed by atoms with Gasteiger partial charge in [-0.3, -0.25) is 4.79 Å². The second kappa shape index (κ2) is 6.07. The SMILES string of the molecule is COC(=O)CCNCc1cc(O)cc(F)c1. The van der Waals surface area contributed by atoms with Crippen LogP contribution < -0.4 is 5.32 Å². The molecule has 0 heterocycles. The van der Waals surface area contributed by atoms with Crippen LogP contribution in [-0.4, -0.2) is 24.7 Å². The van der Waals surface area contributed by atoms with E-state index in [9.17, 15) is 9.18 Å². The minimum atomic E-state index is -0.482. The van der Waals surface area contributed by atoms with Crippen LogP contribution in [0.25, 0.3) is 0 Å². The molecule has 0 saturated carbocycles. The normalized spacial score (nSPS) is 10.1. The van der Waals surface area contributed by atoms with Crippen LogP contribution in [0.4, 0.5) is 4.39 Å².